The summed E-state index contributed by atoms with van der Waals surface area (Å²) in [6.45, 7) is -0.307. The van der Waals surface area contributed by atoms with Gasteiger partial charge in [0.1, 0.15) is 11.6 Å². The van der Waals surface area contributed by atoms with Crippen molar-refractivity contribution in [1.29, 1.82) is 0 Å². The van der Waals surface area contributed by atoms with Gasteiger partial charge in [0, 0.05) is 5.56 Å². The van der Waals surface area contributed by atoms with Gasteiger partial charge in [-0.1, -0.05) is 42.5 Å². The van der Waals surface area contributed by atoms with Crippen LogP contribution in [0.15, 0.2) is 78.9 Å². The lowest BCUT2D eigenvalue weighted by atomic mass is 10.0. The molecule has 0 fully saturated rings. The summed E-state index contributed by atoms with van der Waals surface area (Å²) in [6, 6.07) is 22.1. The predicted octanol–water partition coefficient (Wildman–Crippen LogP) is 3.33. The Labute approximate surface area is 155 Å². The average Bonchev–Trinajstić information content (AvgIpc) is 2.72. The van der Waals surface area contributed by atoms with E-state index in [1.54, 1.807) is 12.1 Å². The minimum absolute atomic E-state index is 0.307. The molecule has 3 aromatic carbocycles. The molecule has 0 heterocycles. The van der Waals surface area contributed by atoms with Gasteiger partial charge in [-0.25, -0.2) is 4.39 Å². The standard InChI is InChI=1S/C21H17FN2O3/c22-18-10-12-19(13-11-18)27-14-20(25)23-24-21(26)17-8-6-16(7-9-17)15-4-2-1-3-5-15/h1-13H,14H2,(H,23,25)(H,24,26). The Morgan fingerprint density at radius 1 is 0.778 bits per heavy atom. The van der Waals surface area contributed by atoms with Crippen LogP contribution in [0.3, 0.4) is 0 Å². The number of nitrogens with one attached hydrogen (secondary N) is 2. The normalized spacial score (nSPS) is 10.1. The third-order valence-corrected chi connectivity index (χ3v) is 3.75. The van der Waals surface area contributed by atoms with Crippen molar-refractivity contribution in [2.24, 2.45) is 0 Å². The first kappa shape index (κ1) is 18.1. The summed E-state index contributed by atoms with van der Waals surface area (Å²) in [5.74, 6) is -1.01. The Bertz CT molecular complexity index is 910. The number of hydrazine groups is 1. The third-order valence-electron chi connectivity index (χ3n) is 3.75. The molecule has 3 aromatic rings. The molecule has 0 saturated heterocycles. The van der Waals surface area contributed by atoms with Gasteiger partial charge in [0.25, 0.3) is 11.8 Å². The van der Waals surface area contributed by atoms with Gasteiger partial charge in [-0.15, -0.1) is 0 Å². The maximum Gasteiger partial charge on any atom is 0.276 e. The fourth-order valence-corrected chi connectivity index (χ4v) is 2.36. The second-order valence-corrected chi connectivity index (χ2v) is 5.69. The van der Waals surface area contributed by atoms with Gasteiger partial charge in [0.15, 0.2) is 6.61 Å². The molecule has 5 nitrogen and oxygen atoms in total. The van der Waals surface area contributed by atoms with E-state index in [1.807, 2.05) is 42.5 Å². The zero-order valence-corrected chi connectivity index (χ0v) is 14.3. The molecule has 136 valence electrons. The number of carbonyl (C=O) groups excluding carboxylic acids is 2. The van der Waals surface area contributed by atoms with E-state index in [4.69, 9.17) is 4.74 Å². The van der Waals surface area contributed by atoms with Crippen LogP contribution >= 0.6 is 0 Å². The first-order valence-electron chi connectivity index (χ1n) is 8.25. The van der Waals surface area contributed by atoms with E-state index in [0.29, 0.717) is 11.3 Å². The summed E-state index contributed by atoms with van der Waals surface area (Å²) in [6.07, 6.45) is 0. The Morgan fingerprint density at radius 3 is 2.07 bits per heavy atom. The van der Waals surface area contributed by atoms with Crippen LogP contribution < -0.4 is 15.6 Å². The molecule has 0 aliphatic rings. The summed E-state index contributed by atoms with van der Waals surface area (Å²) >= 11 is 0. The molecule has 2 amide bonds. The lowest BCUT2D eigenvalue weighted by molar-refractivity contribution is -0.123. The fraction of sp³-hybridized carbons (Fsp3) is 0.0476. The van der Waals surface area contributed by atoms with Gasteiger partial charge >= 0.3 is 0 Å². The summed E-state index contributed by atoms with van der Waals surface area (Å²) in [4.78, 5) is 23.8. The molecule has 0 aliphatic carbocycles. The number of halogens is 1. The van der Waals surface area contributed by atoms with Crippen molar-refractivity contribution < 1.29 is 18.7 Å². The molecule has 0 atom stereocenters. The minimum atomic E-state index is -0.534. The molecule has 6 heteroatoms. The van der Waals surface area contributed by atoms with Gasteiger partial charge in [-0.05, 0) is 47.5 Å². The van der Waals surface area contributed by atoms with Crippen molar-refractivity contribution in [3.63, 3.8) is 0 Å². The van der Waals surface area contributed by atoms with Crippen molar-refractivity contribution in [3.05, 3.63) is 90.2 Å². The monoisotopic (exact) mass is 364 g/mol. The highest BCUT2D eigenvalue weighted by atomic mass is 19.1. The number of hydrogen-bond donors (Lipinski definition) is 2. The van der Waals surface area contributed by atoms with Gasteiger partial charge in [0.2, 0.25) is 0 Å². The number of amides is 2. The SMILES string of the molecule is O=C(COc1ccc(F)cc1)NNC(=O)c1ccc(-c2ccccc2)cc1. The second-order valence-electron chi connectivity index (χ2n) is 5.69. The van der Waals surface area contributed by atoms with E-state index in [-0.39, 0.29) is 6.61 Å². The lowest BCUT2D eigenvalue weighted by Gasteiger charge is -2.09. The van der Waals surface area contributed by atoms with Gasteiger partial charge in [-0.2, -0.15) is 0 Å². The molecular weight excluding hydrogens is 347 g/mol. The Hall–Kier alpha value is -3.67. The second kappa shape index (κ2) is 8.62. The maximum atomic E-state index is 12.8. The molecule has 0 aromatic heterocycles. The van der Waals surface area contributed by atoms with E-state index < -0.39 is 17.6 Å². The Balaban J connectivity index is 1.48. The van der Waals surface area contributed by atoms with Crippen molar-refractivity contribution in [2.45, 2.75) is 0 Å². The average molecular weight is 364 g/mol. The van der Waals surface area contributed by atoms with Crippen LogP contribution in [-0.2, 0) is 4.79 Å². The smallest absolute Gasteiger partial charge is 0.276 e. The summed E-state index contributed by atoms with van der Waals surface area (Å²) in [7, 11) is 0. The summed E-state index contributed by atoms with van der Waals surface area (Å²) in [5.41, 5.74) is 7.05. The highest BCUT2D eigenvalue weighted by Crippen LogP contribution is 2.19. The largest absolute Gasteiger partial charge is 0.484 e. The number of hydrogen-bond acceptors (Lipinski definition) is 3. The maximum absolute atomic E-state index is 12.8. The zero-order chi connectivity index (χ0) is 19.1. The van der Waals surface area contributed by atoms with E-state index >= 15 is 0 Å². The lowest BCUT2D eigenvalue weighted by Crippen LogP contribution is -2.43. The van der Waals surface area contributed by atoms with E-state index in [1.165, 1.54) is 24.3 Å². The molecule has 0 radical (unpaired) electrons. The highest BCUT2D eigenvalue weighted by molar-refractivity contribution is 5.95. The number of ether oxygens (including phenoxy) is 1. The molecule has 2 N–H and O–H groups in total. The summed E-state index contributed by atoms with van der Waals surface area (Å²) in [5, 5.41) is 0. The molecule has 27 heavy (non-hydrogen) atoms. The predicted molar refractivity (Wildman–Crippen MR) is 99.4 cm³/mol. The highest BCUT2D eigenvalue weighted by Gasteiger charge is 2.08. The third kappa shape index (κ3) is 5.15. The van der Waals surface area contributed by atoms with Crippen molar-refractivity contribution in [2.75, 3.05) is 6.61 Å². The number of rotatable bonds is 5. The van der Waals surface area contributed by atoms with Crippen LogP contribution in [0.5, 0.6) is 5.75 Å². The van der Waals surface area contributed by atoms with Crippen molar-refractivity contribution >= 4 is 11.8 Å². The molecular formula is C21H17FN2O3. The van der Waals surface area contributed by atoms with Crippen LogP contribution in [0.4, 0.5) is 4.39 Å². The minimum Gasteiger partial charge on any atom is -0.484 e. The molecule has 0 spiro atoms. The van der Waals surface area contributed by atoms with E-state index in [9.17, 15) is 14.0 Å². The quantitative estimate of drug-likeness (QED) is 0.683. The van der Waals surface area contributed by atoms with Crippen molar-refractivity contribution in [1.82, 2.24) is 10.9 Å². The van der Waals surface area contributed by atoms with Gasteiger partial charge in [0.05, 0.1) is 0 Å². The van der Waals surface area contributed by atoms with E-state index in [2.05, 4.69) is 10.9 Å². The molecule has 0 bridgehead atoms. The van der Waals surface area contributed by atoms with Crippen LogP contribution in [0.25, 0.3) is 11.1 Å². The van der Waals surface area contributed by atoms with Crippen LogP contribution in [-0.4, -0.2) is 18.4 Å². The first-order valence-corrected chi connectivity index (χ1v) is 8.25. The topological polar surface area (TPSA) is 67.4 Å². The molecule has 0 aliphatic heterocycles. The number of carbonyl (C=O) groups is 2. The van der Waals surface area contributed by atoms with E-state index in [0.717, 1.165) is 11.1 Å². The molecule has 0 saturated carbocycles. The van der Waals surface area contributed by atoms with Gasteiger partial charge < -0.3 is 4.74 Å². The Kier molecular flexibility index (Phi) is 5.79. The van der Waals surface area contributed by atoms with Crippen LogP contribution in [0.2, 0.25) is 0 Å². The molecule has 3 rings (SSSR count). The van der Waals surface area contributed by atoms with Crippen molar-refractivity contribution in [3.8, 4) is 16.9 Å². The van der Waals surface area contributed by atoms with Crippen LogP contribution in [0.1, 0.15) is 10.4 Å². The zero-order valence-electron chi connectivity index (χ0n) is 14.3. The first-order chi connectivity index (χ1) is 13.1. The fourth-order valence-electron chi connectivity index (χ4n) is 2.36. The van der Waals surface area contributed by atoms with Crippen LogP contribution in [0, 0.1) is 5.82 Å². The number of benzene rings is 3. The summed E-state index contributed by atoms with van der Waals surface area (Å²) < 4.78 is 18.0. The molecule has 0 unspecified atom stereocenters. The van der Waals surface area contributed by atoms with Gasteiger partial charge in [-0.3, -0.25) is 20.4 Å². The Morgan fingerprint density at radius 2 is 1.41 bits per heavy atom.